The van der Waals surface area contributed by atoms with E-state index in [1.165, 1.54) is 6.07 Å². The zero-order valence-electron chi connectivity index (χ0n) is 42.0. The van der Waals surface area contributed by atoms with Crippen molar-refractivity contribution in [2.24, 2.45) is 5.92 Å². The lowest BCUT2D eigenvalue weighted by molar-refractivity contribution is -0.200. The Labute approximate surface area is 468 Å². The molecule has 8 aliphatic rings. The number of aliphatic hydroxyl groups excluding tert-OH is 2. The van der Waals surface area contributed by atoms with Gasteiger partial charge in [0.1, 0.15) is 35.9 Å². The number of fused-ring (bicyclic) bond motifs is 10. The summed E-state index contributed by atoms with van der Waals surface area (Å²) in [7, 11) is 0. The van der Waals surface area contributed by atoms with E-state index in [9.17, 15) is 91.6 Å². The SMILES string of the molecule is O=C1OCC2OC(=O)c3cc(O)c(O)c(O)c3-c3c(O)c(O)c(O)c4c3C(=O)OC(C2OC(=O)c2cc(O)c(O)c(O)c2-c2c1cc(O)c(O)c2O)C1OC(=O)C2C4=C(O)C(=O)C23Oc2cc(O)c4c(c2C13)O[C@H](c1ccc(O)c(O)c1)C(O)C4. The van der Waals surface area contributed by atoms with Gasteiger partial charge in [-0.1, -0.05) is 6.07 Å². The number of rotatable bonds is 1. The van der Waals surface area contributed by atoms with E-state index < -0.39 is 267 Å². The Morgan fingerprint density at radius 1 is 0.459 bits per heavy atom. The predicted molar refractivity (Wildman–Crippen MR) is 267 cm³/mol. The molecule has 9 atom stereocenters. The van der Waals surface area contributed by atoms with Crippen LogP contribution < -0.4 is 9.47 Å². The molecule has 7 aliphatic heterocycles. The Balaban J connectivity index is 1.15. The summed E-state index contributed by atoms with van der Waals surface area (Å²) >= 11 is 0. The molecule has 30 heteroatoms. The molecular weight excluding hydrogens is 1140 g/mol. The van der Waals surface area contributed by atoms with Crippen LogP contribution in [0.4, 0.5) is 0 Å². The standard InChI is InChI=1S/C55H36O30/c56-15-2-1-10(3-17(15)58)44-21(62)4-11-16(57)8-22-27(45(11)81-44)32-47-48-46-23(9-79-50(74)12-5-18(59)34(63)37(66)24(12)25-13(52(76)82-46)6-19(60)35(64)38(25)67)80-51(75)14-7-20(61)36(65)39(68)26(14)28-30(53(77)84-48)29(41(70)43(72)40(28)69)31-33(54(78)83-47)55(32,85-22)49(73)42(31)71/h1-3,5-8,21,23,32-33,44,46-48,56-72H,4,9H2/t21?,23?,32?,33?,44-,46?,47?,48?,55?/m1/s1. The van der Waals surface area contributed by atoms with Crippen molar-refractivity contribution in [3.8, 4) is 120 Å². The number of benzene rings is 6. The van der Waals surface area contributed by atoms with Crippen LogP contribution in [0.15, 0.2) is 48.2 Å². The van der Waals surface area contributed by atoms with Crippen molar-refractivity contribution in [1.82, 2.24) is 0 Å². The van der Waals surface area contributed by atoms with E-state index in [0.717, 1.165) is 18.2 Å². The van der Waals surface area contributed by atoms with Crippen LogP contribution in [-0.2, 0) is 39.7 Å². The van der Waals surface area contributed by atoms with Crippen LogP contribution >= 0.6 is 0 Å². The van der Waals surface area contributed by atoms with Gasteiger partial charge in [0.15, 0.2) is 87.7 Å². The third-order valence-electron chi connectivity index (χ3n) is 16.1. The van der Waals surface area contributed by atoms with Gasteiger partial charge >= 0.3 is 29.8 Å². The number of hydrogen-bond acceptors (Lipinski definition) is 30. The second kappa shape index (κ2) is 17.5. The third-order valence-corrected chi connectivity index (χ3v) is 16.1. The first-order chi connectivity index (χ1) is 40.2. The Hall–Kier alpha value is -11.6. The van der Waals surface area contributed by atoms with E-state index in [0.29, 0.717) is 18.2 Å². The second-order valence-corrected chi connectivity index (χ2v) is 20.5. The summed E-state index contributed by atoms with van der Waals surface area (Å²) in [5.41, 5.74) is -16.7. The summed E-state index contributed by atoms with van der Waals surface area (Å²) < 4.78 is 42.7. The highest BCUT2D eigenvalue weighted by molar-refractivity contribution is 6.22. The number of cyclic esters (lactones) is 1. The average Bonchev–Trinajstić information content (AvgIpc) is 1.52. The molecule has 17 N–H and O–H groups in total. The molecule has 0 amide bonds. The van der Waals surface area contributed by atoms with Crippen LogP contribution in [-0.4, -0.2) is 165 Å². The highest BCUT2D eigenvalue weighted by atomic mass is 16.6. The molecule has 6 aromatic rings. The van der Waals surface area contributed by atoms with E-state index in [1.54, 1.807) is 0 Å². The lowest BCUT2D eigenvalue weighted by atomic mass is 9.66. The molecule has 7 heterocycles. The summed E-state index contributed by atoms with van der Waals surface area (Å²) in [4.78, 5) is 91.7. The lowest BCUT2D eigenvalue weighted by Crippen LogP contribution is -2.65. The maximum absolute atomic E-state index is 15.8. The van der Waals surface area contributed by atoms with Crippen LogP contribution in [0.2, 0.25) is 0 Å². The van der Waals surface area contributed by atoms with Gasteiger partial charge in [-0.3, -0.25) is 9.59 Å². The van der Waals surface area contributed by atoms with Gasteiger partial charge < -0.3 is 120 Å². The number of hydrogen-bond donors (Lipinski definition) is 17. The monoisotopic (exact) mass is 1180 g/mol. The summed E-state index contributed by atoms with van der Waals surface area (Å²) in [6.45, 7) is -1.57. The Bertz CT molecular complexity index is 4230. The number of Topliss-reactive ketones (excluding diaryl/α,β-unsaturated/α-hetero) is 1. The van der Waals surface area contributed by atoms with Gasteiger partial charge in [0.05, 0.1) is 34.3 Å². The summed E-state index contributed by atoms with van der Waals surface area (Å²) in [6, 6.07) is 5.15. The number of aliphatic hydroxyl groups is 2. The summed E-state index contributed by atoms with van der Waals surface area (Å²) in [6.07, 6.45) is -14.9. The molecule has 14 rings (SSSR count). The molecule has 0 aromatic heterocycles. The fraction of sp³-hybridized carbons (Fsp3) is 0.200. The topological polar surface area (TPSA) is 511 Å². The molecule has 30 nitrogen and oxygen atoms in total. The van der Waals surface area contributed by atoms with Gasteiger partial charge in [-0.05, 0) is 35.9 Å². The molecule has 1 fully saturated rings. The molecule has 1 aliphatic carbocycles. The van der Waals surface area contributed by atoms with Crippen molar-refractivity contribution in [3.05, 3.63) is 92.7 Å². The van der Waals surface area contributed by atoms with Gasteiger partial charge in [-0.25, -0.2) is 19.2 Å². The van der Waals surface area contributed by atoms with E-state index >= 15 is 24.0 Å². The highest BCUT2D eigenvalue weighted by Gasteiger charge is 2.76. The lowest BCUT2D eigenvalue weighted by Gasteiger charge is -2.47. The van der Waals surface area contributed by atoms with E-state index in [1.807, 2.05) is 0 Å². The number of carbonyl (C=O) groups is 6. The number of aromatic hydroxyl groups is 15. The number of phenols is 15. The number of carbonyl (C=O) groups excluding carboxylic acids is 6. The first-order valence-corrected chi connectivity index (χ1v) is 24.8. The van der Waals surface area contributed by atoms with E-state index in [-0.39, 0.29) is 11.1 Å². The molecular formula is C55H36O30. The first kappa shape index (κ1) is 52.8. The maximum Gasteiger partial charge on any atom is 0.340 e. The van der Waals surface area contributed by atoms with Crippen molar-refractivity contribution >= 4 is 41.2 Å². The second-order valence-electron chi connectivity index (χ2n) is 20.5. The number of esters is 5. The summed E-state index contributed by atoms with van der Waals surface area (Å²) in [5, 5.41) is 192. The van der Waals surface area contributed by atoms with Crippen LogP contribution in [0.5, 0.6) is 97.7 Å². The zero-order valence-corrected chi connectivity index (χ0v) is 42.0. The van der Waals surface area contributed by atoms with Gasteiger partial charge in [0, 0.05) is 57.0 Å². The highest BCUT2D eigenvalue weighted by Crippen LogP contribution is 2.68. The smallest absolute Gasteiger partial charge is 0.340 e. The third kappa shape index (κ3) is 6.83. The fourth-order valence-electron chi connectivity index (χ4n) is 12.4. The van der Waals surface area contributed by atoms with Crippen molar-refractivity contribution < 1.29 is 149 Å². The normalized spacial score (nSPS) is 25.0. The number of ketones is 1. The van der Waals surface area contributed by atoms with Gasteiger partial charge in [0.2, 0.25) is 34.4 Å². The molecule has 6 bridgehead atoms. The first-order valence-electron chi connectivity index (χ1n) is 24.8. The van der Waals surface area contributed by atoms with Crippen LogP contribution in [0, 0.1) is 5.92 Å². The molecule has 6 aromatic carbocycles. The Morgan fingerprint density at radius 3 is 1.60 bits per heavy atom. The molecule has 0 saturated carbocycles. The molecule has 1 spiro atoms. The van der Waals surface area contributed by atoms with Crippen LogP contribution in [0.25, 0.3) is 27.8 Å². The van der Waals surface area contributed by atoms with Crippen molar-refractivity contribution in [2.45, 2.75) is 54.6 Å². The van der Waals surface area contributed by atoms with Crippen LogP contribution in [0.3, 0.4) is 0 Å². The van der Waals surface area contributed by atoms with E-state index in [4.69, 9.17) is 33.2 Å². The Morgan fingerprint density at radius 2 is 1.00 bits per heavy atom. The number of phenolic OH excluding ortho intramolecular Hbond substituents is 15. The largest absolute Gasteiger partial charge is 0.507 e. The molecule has 436 valence electrons. The van der Waals surface area contributed by atoms with Crippen LogP contribution in [0.1, 0.15) is 75.7 Å². The van der Waals surface area contributed by atoms with E-state index in [2.05, 4.69) is 0 Å². The minimum atomic E-state index is -3.14. The van der Waals surface area contributed by atoms with Crippen molar-refractivity contribution in [3.63, 3.8) is 0 Å². The number of ether oxygens (including phenoxy) is 7. The van der Waals surface area contributed by atoms with Gasteiger partial charge in [-0.15, -0.1) is 0 Å². The maximum atomic E-state index is 15.8. The fourth-order valence-corrected chi connectivity index (χ4v) is 12.4. The molecule has 8 unspecified atom stereocenters. The van der Waals surface area contributed by atoms with Gasteiger partial charge in [-0.2, -0.15) is 0 Å². The molecule has 1 saturated heterocycles. The quantitative estimate of drug-likeness (QED) is 0.0638. The Kier molecular flexibility index (Phi) is 10.9. The minimum absolute atomic E-state index is 0.0522. The van der Waals surface area contributed by atoms with Crippen molar-refractivity contribution in [2.75, 3.05) is 6.61 Å². The van der Waals surface area contributed by atoms with Gasteiger partial charge in [0.25, 0.3) is 0 Å². The molecule has 0 radical (unpaired) electrons. The summed E-state index contributed by atoms with van der Waals surface area (Å²) in [5.74, 6) is -39.1. The molecule has 85 heavy (non-hydrogen) atoms. The minimum Gasteiger partial charge on any atom is -0.507 e. The average molecular weight is 1180 g/mol. The zero-order chi connectivity index (χ0) is 60.8. The predicted octanol–water partition coefficient (Wildman–Crippen LogP) is 2.42. The van der Waals surface area contributed by atoms with Crippen molar-refractivity contribution in [1.29, 1.82) is 0 Å².